The van der Waals surface area contributed by atoms with Crippen LogP contribution in [0.5, 0.6) is 0 Å². The fraction of sp³-hybridized carbons (Fsp3) is 0.778. The summed E-state index contributed by atoms with van der Waals surface area (Å²) in [5.74, 6) is -0.866. The predicted molar refractivity (Wildman–Crippen MR) is 50.9 cm³/mol. The summed E-state index contributed by atoms with van der Waals surface area (Å²) in [6.07, 6.45) is 1.78. The quantitative estimate of drug-likeness (QED) is 0.583. The van der Waals surface area contributed by atoms with Crippen LogP contribution >= 0.6 is 0 Å². The molecule has 2 atom stereocenters. The van der Waals surface area contributed by atoms with Crippen LogP contribution in [0.3, 0.4) is 0 Å². The third-order valence-electron chi connectivity index (χ3n) is 2.25. The zero-order valence-corrected chi connectivity index (χ0v) is 8.25. The van der Waals surface area contributed by atoms with E-state index in [-0.39, 0.29) is 24.4 Å². The third-order valence-corrected chi connectivity index (χ3v) is 2.25. The van der Waals surface area contributed by atoms with Gasteiger partial charge in [-0.3, -0.25) is 9.59 Å². The molecule has 1 amide bonds. The summed E-state index contributed by atoms with van der Waals surface area (Å²) in [6, 6.07) is -0.389. The van der Waals surface area contributed by atoms with Gasteiger partial charge in [-0.25, -0.2) is 0 Å². The number of amides is 1. The Morgan fingerprint density at radius 2 is 2.50 bits per heavy atom. The topological polar surface area (TPSA) is 78.4 Å². The Morgan fingerprint density at radius 3 is 3.07 bits per heavy atom. The number of carboxylic acids is 1. The normalized spacial score (nSPS) is 24.1. The fourth-order valence-corrected chi connectivity index (χ4v) is 1.60. The first kappa shape index (κ1) is 11.0. The van der Waals surface area contributed by atoms with Crippen LogP contribution in [0.2, 0.25) is 0 Å². The van der Waals surface area contributed by atoms with Crippen molar-refractivity contribution in [2.24, 2.45) is 0 Å². The molecule has 80 valence electrons. The zero-order valence-electron chi connectivity index (χ0n) is 8.25. The van der Waals surface area contributed by atoms with E-state index in [1.807, 2.05) is 0 Å². The molecule has 14 heavy (non-hydrogen) atoms. The number of hydrogen-bond donors (Lipinski definition) is 3. The molecule has 5 nitrogen and oxygen atoms in total. The Labute approximate surface area is 82.9 Å². The highest BCUT2D eigenvalue weighted by Gasteiger charge is 2.23. The average Bonchev–Trinajstić information content (AvgIpc) is 2.07. The van der Waals surface area contributed by atoms with Crippen LogP contribution < -0.4 is 10.6 Å². The predicted octanol–water partition coefficient (Wildman–Crippen LogP) is -0.282. The average molecular weight is 200 g/mol. The monoisotopic (exact) mass is 200 g/mol. The van der Waals surface area contributed by atoms with Crippen LogP contribution in [0, 0.1) is 0 Å². The molecule has 1 heterocycles. The first-order chi connectivity index (χ1) is 6.59. The molecule has 1 rings (SSSR count). The second-order valence-corrected chi connectivity index (χ2v) is 3.65. The standard InChI is InChI=1S/C9H16N2O3/c1-6(5-8(12)13)11-7-3-2-4-10-9(7)14/h6-7,11H,2-5H2,1H3,(H,10,14)(H,12,13). The molecular weight excluding hydrogens is 184 g/mol. The van der Waals surface area contributed by atoms with Crippen LogP contribution in [0.25, 0.3) is 0 Å². The van der Waals surface area contributed by atoms with Gasteiger partial charge in [-0.1, -0.05) is 0 Å². The van der Waals surface area contributed by atoms with Crippen LogP contribution in [0.15, 0.2) is 0 Å². The zero-order chi connectivity index (χ0) is 10.6. The molecule has 5 heteroatoms. The second-order valence-electron chi connectivity index (χ2n) is 3.65. The lowest BCUT2D eigenvalue weighted by Crippen LogP contribution is -2.51. The van der Waals surface area contributed by atoms with Gasteiger partial charge in [0.25, 0.3) is 0 Å². The lowest BCUT2D eigenvalue weighted by atomic mass is 10.1. The minimum atomic E-state index is -0.846. The van der Waals surface area contributed by atoms with E-state index in [1.165, 1.54) is 0 Å². The molecule has 0 aromatic heterocycles. The minimum absolute atomic E-state index is 0.0199. The highest BCUT2D eigenvalue weighted by molar-refractivity contribution is 5.82. The van der Waals surface area contributed by atoms with Gasteiger partial charge in [0.05, 0.1) is 12.5 Å². The molecular formula is C9H16N2O3. The van der Waals surface area contributed by atoms with Crippen molar-refractivity contribution in [2.75, 3.05) is 6.54 Å². The molecule has 0 spiro atoms. The van der Waals surface area contributed by atoms with E-state index in [0.717, 1.165) is 19.4 Å². The van der Waals surface area contributed by atoms with Gasteiger partial charge < -0.3 is 15.7 Å². The van der Waals surface area contributed by atoms with Crippen LogP contribution in [0.4, 0.5) is 0 Å². The number of nitrogens with one attached hydrogen (secondary N) is 2. The van der Waals surface area contributed by atoms with E-state index in [0.29, 0.717) is 0 Å². The number of carboxylic acid groups (broad SMARTS) is 1. The maximum absolute atomic E-state index is 11.3. The van der Waals surface area contributed by atoms with Gasteiger partial charge >= 0.3 is 5.97 Å². The van der Waals surface area contributed by atoms with Gasteiger partial charge in [0.2, 0.25) is 5.91 Å². The molecule has 1 aliphatic rings. The molecule has 3 N–H and O–H groups in total. The smallest absolute Gasteiger partial charge is 0.304 e. The first-order valence-electron chi connectivity index (χ1n) is 4.85. The summed E-state index contributed by atoms with van der Waals surface area (Å²) >= 11 is 0. The van der Waals surface area contributed by atoms with E-state index >= 15 is 0 Å². The van der Waals surface area contributed by atoms with Crippen molar-refractivity contribution in [1.29, 1.82) is 0 Å². The molecule has 1 aliphatic heterocycles. The maximum Gasteiger partial charge on any atom is 0.304 e. The lowest BCUT2D eigenvalue weighted by molar-refractivity contribution is -0.138. The Bertz CT molecular complexity index is 230. The molecule has 0 radical (unpaired) electrons. The summed E-state index contributed by atoms with van der Waals surface area (Å²) in [5, 5.41) is 14.3. The molecule has 0 saturated carbocycles. The van der Waals surface area contributed by atoms with Gasteiger partial charge in [0.15, 0.2) is 0 Å². The summed E-state index contributed by atoms with van der Waals surface area (Å²) in [7, 11) is 0. The van der Waals surface area contributed by atoms with E-state index in [9.17, 15) is 9.59 Å². The van der Waals surface area contributed by atoms with E-state index < -0.39 is 5.97 Å². The Hall–Kier alpha value is -1.10. The van der Waals surface area contributed by atoms with E-state index in [2.05, 4.69) is 10.6 Å². The van der Waals surface area contributed by atoms with Crippen molar-refractivity contribution >= 4 is 11.9 Å². The van der Waals surface area contributed by atoms with Gasteiger partial charge in [-0.2, -0.15) is 0 Å². The molecule has 0 aliphatic carbocycles. The van der Waals surface area contributed by atoms with Gasteiger partial charge in [-0.05, 0) is 19.8 Å². The second kappa shape index (κ2) is 4.95. The molecule has 1 saturated heterocycles. The van der Waals surface area contributed by atoms with Crippen LogP contribution in [0.1, 0.15) is 26.2 Å². The van der Waals surface area contributed by atoms with E-state index in [4.69, 9.17) is 5.11 Å². The first-order valence-corrected chi connectivity index (χ1v) is 4.85. The molecule has 2 unspecified atom stereocenters. The third kappa shape index (κ3) is 3.33. The summed E-state index contributed by atoms with van der Waals surface area (Å²) < 4.78 is 0. The van der Waals surface area contributed by atoms with E-state index in [1.54, 1.807) is 6.92 Å². The summed E-state index contributed by atoms with van der Waals surface area (Å²) in [6.45, 7) is 2.50. The number of rotatable bonds is 4. The largest absolute Gasteiger partial charge is 0.481 e. The Balaban J connectivity index is 2.34. The van der Waals surface area contributed by atoms with Crippen molar-refractivity contribution in [3.8, 4) is 0 Å². The summed E-state index contributed by atoms with van der Waals surface area (Å²) in [5.41, 5.74) is 0. The lowest BCUT2D eigenvalue weighted by Gasteiger charge is -2.25. The number of carbonyl (C=O) groups excluding carboxylic acids is 1. The van der Waals surface area contributed by atoms with Gasteiger partial charge in [-0.15, -0.1) is 0 Å². The number of piperidine rings is 1. The van der Waals surface area contributed by atoms with Crippen molar-refractivity contribution in [3.05, 3.63) is 0 Å². The van der Waals surface area contributed by atoms with Crippen LogP contribution in [-0.4, -0.2) is 35.6 Å². The molecule has 0 aromatic carbocycles. The van der Waals surface area contributed by atoms with Gasteiger partial charge in [0, 0.05) is 12.6 Å². The Morgan fingerprint density at radius 1 is 1.79 bits per heavy atom. The minimum Gasteiger partial charge on any atom is -0.481 e. The summed E-state index contributed by atoms with van der Waals surface area (Å²) in [4.78, 5) is 21.7. The Kier molecular flexibility index (Phi) is 3.88. The number of hydrogen-bond acceptors (Lipinski definition) is 3. The van der Waals surface area contributed by atoms with Gasteiger partial charge in [0.1, 0.15) is 0 Å². The SMILES string of the molecule is CC(CC(=O)O)NC1CCCNC1=O. The molecule has 1 fully saturated rings. The fourth-order valence-electron chi connectivity index (χ4n) is 1.60. The maximum atomic E-state index is 11.3. The van der Waals surface area contributed by atoms with Crippen molar-refractivity contribution < 1.29 is 14.7 Å². The highest BCUT2D eigenvalue weighted by Crippen LogP contribution is 2.05. The highest BCUT2D eigenvalue weighted by atomic mass is 16.4. The number of carbonyl (C=O) groups is 2. The molecule has 0 bridgehead atoms. The number of aliphatic carboxylic acids is 1. The molecule has 0 aromatic rings. The van der Waals surface area contributed by atoms with Crippen molar-refractivity contribution in [2.45, 2.75) is 38.3 Å². The van der Waals surface area contributed by atoms with Crippen molar-refractivity contribution in [3.63, 3.8) is 0 Å². The van der Waals surface area contributed by atoms with Crippen molar-refractivity contribution in [1.82, 2.24) is 10.6 Å². The van der Waals surface area contributed by atoms with Crippen LogP contribution in [-0.2, 0) is 9.59 Å².